The average molecular weight is 403 g/mol. The van der Waals surface area contributed by atoms with Crippen molar-refractivity contribution in [1.82, 2.24) is 15.2 Å². The number of hydrogen-bond acceptors (Lipinski definition) is 8. The third-order valence-electron chi connectivity index (χ3n) is 3.84. The summed E-state index contributed by atoms with van der Waals surface area (Å²) in [4.78, 5) is 52.1. The number of ether oxygens (including phenoxy) is 1. The van der Waals surface area contributed by atoms with Crippen molar-refractivity contribution in [3.8, 4) is 11.5 Å². The number of oxazole rings is 1. The minimum atomic E-state index is -0.778. The van der Waals surface area contributed by atoms with Gasteiger partial charge in [0.1, 0.15) is 5.76 Å². The highest BCUT2D eigenvalue weighted by molar-refractivity contribution is 8.14. The molecule has 1 aliphatic rings. The first kappa shape index (κ1) is 19.6. The summed E-state index contributed by atoms with van der Waals surface area (Å²) in [5.41, 5.74) is 0.712. The Morgan fingerprint density at radius 3 is 2.71 bits per heavy atom. The second kappa shape index (κ2) is 8.70. The summed E-state index contributed by atoms with van der Waals surface area (Å²) in [5.74, 6) is -0.928. The van der Waals surface area contributed by atoms with Gasteiger partial charge in [-0.25, -0.2) is 9.78 Å². The van der Waals surface area contributed by atoms with Gasteiger partial charge in [0.25, 0.3) is 11.1 Å². The largest absolute Gasteiger partial charge is 0.451 e. The van der Waals surface area contributed by atoms with Crippen LogP contribution in [0, 0.1) is 6.92 Å². The van der Waals surface area contributed by atoms with Crippen molar-refractivity contribution >= 4 is 34.8 Å². The quantitative estimate of drug-likeness (QED) is 0.693. The molecule has 0 saturated carbocycles. The minimum Gasteiger partial charge on any atom is -0.451 e. The maximum Gasteiger partial charge on any atom is 0.361 e. The van der Waals surface area contributed by atoms with Crippen LogP contribution in [0.5, 0.6) is 0 Å². The van der Waals surface area contributed by atoms with E-state index in [0.717, 1.165) is 16.7 Å². The van der Waals surface area contributed by atoms with Crippen LogP contribution in [0.25, 0.3) is 11.5 Å². The van der Waals surface area contributed by atoms with Crippen molar-refractivity contribution in [2.45, 2.75) is 6.92 Å². The Morgan fingerprint density at radius 2 is 2.04 bits per heavy atom. The van der Waals surface area contributed by atoms with Crippen LogP contribution in [-0.4, -0.2) is 58.4 Å². The molecule has 3 rings (SSSR count). The summed E-state index contributed by atoms with van der Waals surface area (Å²) in [6.45, 7) is 1.23. The first-order chi connectivity index (χ1) is 13.5. The van der Waals surface area contributed by atoms with Crippen LogP contribution in [0.4, 0.5) is 4.79 Å². The molecule has 1 fully saturated rings. The van der Waals surface area contributed by atoms with Crippen LogP contribution in [-0.2, 0) is 14.3 Å². The van der Waals surface area contributed by atoms with Gasteiger partial charge in [-0.3, -0.25) is 19.3 Å². The topological polar surface area (TPSA) is 119 Å². The number of aryl methyl sites for hydroxylation is 1. The normalized spacial score (nSPS) is 13.7. The zero-order valence-electron chi connectivity index (χ0n) is 15.0. The monoisotopic (exact) mass is 403 g/mol. The van der Waals surface area contributed by atoms with E-state index in [-0.39, 0.29) is 47.3 Å². The van der Waals surface area contributed by atoms with E-state index >= 15 is 0 Å². The van der Waals surface area contributed by atoms with Gasteiger partial charge >= 0.3 is 5.97 Å². The first-order valence-electron chi connectivity index (χ1n) is 8.39. The number of benzene rings is 1. The van der Waals surface area contributed by atoms with Crippen molar-refractivity contribution in [1.29, 1.82) is 0 Å². The number of nitrogens with one attached hydrogen (secondary N) is 1. The Kier molecular flexibility index (Phi) is 6.09. The number of carbonyl (C=O) groups is 4. The van der Waals surface area contributed by atoms with Crippen molar-refractivity contribution in [3.63, 3.8) is 0 Å². The average Bonchev–Trinajstić information content (AvgIpc) is 3.24. The molecule has 3 amide bonds. The Labute approximate surface area is 164 Å². The zero-order valence-corrected chi connectivity index (χ0v) is 15.8. The lowest BCUT2D eigenvalue weighted by molar-refractivity contribution is -0.126. The lowest BCUT2D eigenvalue weighted by atomic mass is 10.2. The molecule has 28 heavy (non-hydrogen) atoms. The standard InChI is InChI=1S/C18H17N3O6S/c1-11-15(20-16(27-11)12-5-3-2-4-6-12)17(24)26-9-13(22)19-7-8-21-14(23)10-28-18(21)25/h2-6H,7-10H2,1H3,(H,19,22). The van der Waals surface area contributed by atoms with Gasteiger partial charge in [0.2, 0.25) is 11.8 Å². The summed E-state index contributed by atoms with van der Waals surface area (Å²) in [6.07, 6.45) is 0. The van der Waals surface area contributed by atoms with E-state index in [1.54, 1.807) is 19.1 Å². The molecule has 0 unspecified atom stereocenters. The molecule has 0 radical (unpaired) electrons. The molecule has 0 aliphatic carbocycles. The summed E-state index contributed by atoms with van der Waals surface area (Å²) in [7, 11) is 0. The van der Waals surface area contributed by atoms with Crippen molar-refractivity contribution in [2.75, 3.05) is 25.4 Å². The van der Waals surface area contributed by atoms with Crippen LogP contribution < -0.4 is 5.32 Å². The van der Waals surface area contributed by atoms with E-state index in [4.69, 9.17) is 9.15 Å². The van der Waals surface area contributed by atoms with Gasteiger partial charge in [-0.15, -0.1) is 0 Å². The number of imide groups is 1. The van der Waals surface area contributed by atoms with Crippen LogP contribution in [0.15, 0.2) is 34.7 Å². The SMILES string of the molecule is Cc1oc(-c2ccccc2)nc1C(=O)OCC(=O)NCCN1C(=O)CSC1=O. The highest BCUT2D eigenvalue weighted by atomic mass is 32.2. The Bertz CT molecular complexity index is 895. The number of aromatic nitrogens is 1. The molecule has 0 spiro atoms. The van der Waals surface area contributed by atoms with E-state index in [1.165, 1.54) is 0 Å². The van der Waals surface area contributed by atoms with Crippen LogP contribution >= 0.6 is 11.8 Å². The molecule has 9 nitrogen and oxygen atoms in total. The predicted octanol–water partition coefficient (Wildman–Crippen LogP) is 1.62. The number of hydrogen-bond donors (Lipinski definition) is 1. The van der Waals surface area contributed by atoms with Crippen LogP contribution in [0.3, 0.4) is 0 Å². The number of amides is 3. The fourth-order valence-corrected chi connectivity index (χ4v) is 3.20. The molecule has 0 bridgehead atoms. The Hall–Kier alpha value is -3.14. The van der Waals surface area contributed by atoms with E-state index < -0.39 is 18.5 Å². The number of nitrogens with zero attached hydrogens (tertiary/aromatic N) is 2. The Morgan fingerprint density at radius 1 is 1.29 bits per heavy atom. The zero-order chi connectivity index (χ0) is 20.1. The third kappa shape index (κ3) is 4.58. The first-order valence-corrected chi connectivity index (χ1v) is 9.38. The molecule has 2 aromatic rings. The molecule has 146 valence electrons. The number of carbonyl (C=O) groups excluding carboxylic acids is 4. The molecule has 1 N–H and O–H groups in total. The van der Waals surface area contributed by atoms with Gasteiger partial charge in [0.15, 0.2) is 12.3 Å². The fraction of sp³-hybridized carbons (Fsp3) is 0.278. The van der Waals surface area contributed by atoms with Gasteiger partial charge < -0.3 is 14.5 Å². The number of thioether (sulfide) groups is 1. The van der Waals surface area contributed by atoms with Crippen LogP contribution in [0.1, 0.15) is 16.2 Å². The number of esters is 1. The van der Waals surface area contributed by atoms with Crippen LogP contribution in [0.2, 0.25) is 0 Å². The summed E-state index contributed by atoms with van der Waals surface area (Å²) in [5, 5.41) is 2.16. The molecule has 2 heterocycles. The van der Waals surface area contributed by atoms with E-state index in [1.807, 2.05) is 18.2 Å². The maximum absolute atomic E-state index is 12.2. The molecule has 1 aromatic heterocycles. The van der Waals surface area contributed by atoms with E-state index in [9.17, 15) is 19.2 Å². The lowest BCUT2D eigenvalue weighted by Crippen LogP contribution is -2.38. The molecular formula is C18H17N3O6S. The molecule has 1 aliphatic heterocycles. The minimum absolute atomic E-state index is 0.00284. The second-order valence-electron chi connectivity index (χ2n) is 5.82. The molecule has 1 saturated heterocycles. The summed E-state index contributed by atoms with van der Waals surface area (Å²) >= 11 is 0.925. The fourth-order valence-electron chi connectivity index (χ4n) is 2.44. The molecule has 0 atom stereocenters. The van der Waals surface area contributed by atoms with Crippen molar-refractivity contribution in [3.05, 3.63) is 41.8 Å². The predicted molar refractivity (Wildman–Crippen MR) is 99.5 cm³/mol. The Balaban J connectivity index is 1.47. The van der Waals surface area contributed by atoms with E-state index in [0.29, 0.717) is 5.56 Å². The molecule has 10 heteroatoms. The van der Waals surface area contributed by atoms with Gasteiger partial charge in [-0.1, -0.05) is 30.0 Å². The number of rotatable bonds is 7. The highest BCUT2D eigenvalue weighted by Crippen LogP contribution is 2.21. The maximum atomic E-state index is 12.2. The second-order valence-corrected chi connectivity index (χ2v) is 6.74. The van der Waals surface area contributed by atoms with Crippen molar-refractivity contribution in [2.24, 2.45) is 0 Å². The smallest absolute Gasteiger partial charge is 0.361 e. The highest BCUT2D eigenvalue weighted by Gasteiger charge is 2.29. The van der Waals surface area contributed by atoms with E-state index in [2.05, 4.69) is 10.3 Å². The summed E-state index contributed by atoms with van der Waals surface area (Å²) < 4.78 is 10.4. The van der Waals surface area contributed by atoms with Gasteiger partial charge in [-0.05, 0) is 19.1 Å². The van der Waals surface area contributed by atoms with Gasteiger partial charge in [-0.2, -0.15) is 0 Å². The van der Waals surface area contributed by atoms with Crippen molar-refractivity contribution < 1.29 is 28.3 Å². The molecular weight excluding hydrogens is 386 g/mol. The third-order valence-corrected chi connectivity index (χ3v) is 4.70. The summed E-state index contributed by atoms with van der Waals surface area (Å²) in [6, 6.07) is 9.07. The van der Waals surface area contributed by atoms with Gasteiger partial charge in [0, 0.05) is 18.7 Å². The van der Waals surface area contributed by atoms with Gasteiger partial charge in [0.05, 0.1) is 5.75 Å². The molecule has 1 aromatic carbocycles. The lowest BCUT2D eigenvalue weighted by Gasteiger charge is -2.13.